The van der Waals surface area contributed by atoms with Gasteiger partial charge in [-0.05, 0) is 12.8 Å². The summed E-state index contributed by atoms with van der Waals surface area (Å²) in [5.74, 6) is 0. The summed E-state index contributed by atoms with van der Waals surface area (Å²) in [5, 5.41) is 3.67. The lowest BCUT2D eigenvalue weighted by Gasteiger charge is -2.18. The number of amidine groups is 1. The lowest BCUT2D eigenvalue weighted by Crippen LogP contribution is -2.22. The molecule has 0 unspecified atom stereocenters. The third kappa shape index (κ3) is 2.02. The zero-order valence-electron chi connectivity index (χ0n) is 9.98. The van der Waals surface area contributed by atoms with Gasteiger partial charge in [-0.2, -0.15) is 5.01 Å². The normalized spacial score (nSPS) is 32.3. The zero-order chi connectivity index (χ0) is 11.6. The molecule has 0 N–H and O–H groups in total. The Hall–Kier alpha value is -1.13. The van der Waals surface area contributed by atoms with Crippen LogP contribution in [-0.2, 0) is 4.74 Å². The minimum Gasteiger partial charge on any atom is -0.462 e. The van der Waals surface area contributed by atoms with Crippen LogP contribution in [0.3, 0.4) is 0 Å². The molecule has 0 aromatic carbocycles. The van der Waals surface area contributed by atoms with Gasteiger partial charge in [0.05, 0.1) is 20.6 Å². The molecular formula is C9H15N3O2. The molecule has 1 heterocycles. The molecule has 5 heteroatoms. The van der Waals surface area contributed by atoms with Gasteiger partial charge in [0.15, 0.2) is 0 Å². The van der Waals surface area contributed by atoms with Gasteiger partial charge in [0.2, 0.25) is 0 Å². The summed E-state index contributed by atoms with van der Waals surface area (Å²) >= 11 is 0. The van der Waals surface area contributed by atoms with E-state index in [1.807, 2.05) is 0 Å². The van der Waals surface area contributed by atoms with Crippen molar-refractivity contribution in [2.45, 2.75) is 38.1 Å². The highest BCUT2D eigenvalue weighted by Crippen LogP contribution is 2.21. The Bertz CT molecular complexity index is 303. The van der Waals surface area contributed by atoms with Gasteiger partial charge in [-0.1, -0.05) is 19.3 Å². The molecule has 2 aliphatic rings. The van der Waals surface area contributed by atoms with Gasteiger partial charge >= 0.3 is 6.02 Å². The Morgan fingerprint density at radius 2 is 2.21 bits per heavy atom. The number of nitroso groups, excluding NO2 is 1. The first-order valence-electron chi connectivity index (χ1n) is 5.98. The first-order chi connectivity index (χ1) is 7.61. The van der Waals surface area contributed by atoms with Crippen LogP contribution < -0.4 is 0 Å². The van der Waals surface area contributed by atoms with E-state index in [1.165, 1.54) is 6.42 Å². The highest BCUT2D eigenvalue weighted by molar-refractivity contribution is 5.75. The average Bonchev–Trinajstić information content (AvgIpc) is 2.54. The lowest BCUT2D eigenvalue weighted by atomic mass is 9.96. The van der Waals surface area contributed by atoms with Crippen LogP contribution in [-0.4, -0.2) is 30.2 Å². The molecule has 1 saturated carbocycles. The van der Waals surface area contributed by atoms with Gasteiger partial charge in [-0.25, -0.2) is 4.99 Å². The van der Waals surface area contributed by atoms with Crippen molar-refractivity contribution >= 4 is 6.02 Å². The fourth-order valence-electron chi connectivity index (χ4n) is 1.80. The summed E-state index contributed by atoms with van der Waals surface area (Å²) in [7, 11) is 0. The predicted octanol–water partition coefficient (Wildman–Crippen LogP) is 1.69. The minimum absolute atomic E-state index is 0.0342. The number of aliphatic imine (C=N–C) groups is 1. The van der Waals surface area contributed by atoms with E-state index in [4.69, 9.17) is 7.48 Å². The van der Waals surface area contributed by atoms with E-state index >= 15 is 0 Å². The van der Waals surface area contributed by atoms with E-state index in [1.54, 1.807) is 0 Å². The van der Waals surface area contributed by atoms with Crippen molar-refractivity contribution in [3.8, 4) is 0 Å². The van der Waals surface area contributed by atoms with Gasteiger partial charge in [0, 0.05) is 0 Å². The maximum absolute atomic E-state index is 10.5. The van der Waals surface area contributed by atoms with Crippen LogP contribution in [0.15, 0.2) is 10.3 Å². The van der Waals surface area contributed by atoms with Gasteiger partial charge in [0.25, 0.3) is 0 Å². The second-order valence-electron chi connectivity index (χ2n) is 3.59. The van der Waals surface area contributed by atoms with E-state index < -0.39 is 6.56 Å². The number of nitrogens with zero attached hydrogens (tertiary/aromatic N) is 3. The average molecular weight is 199 g/mol. The van der Waals surface area contributed by atoms with Crippen LogP contribution >= 0.6 is 0 Å². The van der Waals surface area contributed by atoms with E-state index in [0.717, 1.165) is 30.7 Å². The van der Waals surface area contributed by atoms with Crippen LogP contribution in [0.4, 0.5) is 0 Å². The third-order valence-corrected chi connectivity index (χ3v) is 2.56. The second-order valence-corrected chi connectivity index (χ2v) is 3.59. The standard InChI is InChI=1S/C9H15N3O2/c13-11-12-6-7-14-9(12)10-8-4-2-1-3-5-8/h8H,1-7H2/i7D2. The highest BCUT2D eigenvalue weighted by Gasteiger charge is 2.23. The minimum atomic E-state index is -1.86. The van der Waals surface area contributed by atoms with Crippen LogP contribution in [0.2, 0.25) is 0 Å². The summed E-state index contributed by atoms with van der Waals surface area (Å²) in [4.78, 5) is 14.8. The Kier molecular flexibility index (Phi) is 2.26. The second kappa shape index (κ2) is 4.39. The monoisotopic (exact) mass is 199 g/mol. The molecule has 0 aromatic heterocycles. The van der Waals surface area contributed by atoms with Crippen LogP contribution in [0.1, 0.15) is 34.8 Å². The van der Waals surface area contributed by atoms with E-state index in [9.17, 15) is 4.91 Å². The fraction of sp³-hybridized carbons (Fsp3) is 0.889. The van der Waals surface area contributed by atoms with Crippen molar-refractivity contribution in [3.05, 3.63) is 4.91 Å². The molecule has 78 valence electrons. The smallest absolute Gasteiger partial charge is 0.311 e. The topological polar surface area (TPSA) is 54.3 Å². The Morgan fingerprint density at radius 3 is 2.93 bits per heavy atom. The van der Waals surface area contributed by atoms with Crippen molar-refractivity contribution < 1.29 is 7.48 Å². The summed E-state index contributed by atoms with van der Waals surface area (Å²) in [5.41, 5.74) is 0. The molecule has 0 radical (unpaired) electrons. The highest BCUT2D eigenvalue weighted by atomic mass is 16.5. The van der Waals surface area contributed by atoms with Crippen molar-refractivity contribution in [1.82, 2.24) is 5.01 Å². The van der Waals surface area contributed by atoms with E-state index in [-0.39, 0.29) is 18.6 Å². The van der Waals surface area contributed by atoms with Crippen molar-refractivity contribution in [3.63, 3.8) is 0 Å². The molecule has 2 fully saturated rings. The van der Waals surface area contributed by atoms with Crippen LogP contribution in [0.5, 0.6) is 0 Å². The number of ether oxygens (including phenoxy) is 1. The largest absolute Gasteiger partial charge is 0.462 e. The quantitative estimate of drug-likeness (QED) is 0.636. The molecule has 1 aliphatic heterocycles. The van der Waals surface area contributed by atoms with Crippen LogP contribution in [0.25, 0.3) is 0 Å². The van der Waals surface area contributed by atoms with E-state index in [2.05, 4.69) is 10.3 Å². The zero-order valence-corrected chi connectivity index (χ0v) is 7.98. The molecule has 0 bridgehead atoms. The van der Waals surface area contributed by atoms with Gasteiger partial charge < -0.3 is 4.74 Å². The van der Waals surface area contributed by atoms with Crippen molar-refractivity contribution in [1.29, 1.82) is 0 Å². The predicted molar refractivity (Wildman–Crippen MR) is 52.8 cm³/mol. The molecule has 0 amide bonds. The van der Waals surface area contributed by atoms with Crippen molar-refractivity contribution in [2.75, 3.05) is 13.1 Å². The maximum Gasteiger partial charge on any atom is 0.311 e. The lowest BCUT2D eigenvalue weighted by molar-refractivity contribution is 0.341. The van der Waals surface area contributed by atoms with Crippen LogP contribution in [0, 0.1) is 4.91 Å². The summed E-state index contributed by atoms with van der Waals surface area (Å²) in [6.07, 6.45) is 5.43. The molecule has 2 rings (SSSR count). The van der Waals surface area contributed by atoms with E-state index in [0.29, 0.717) is 0 Å². The van der Waals surface area contributed by atoms with Gasteiger partial charge in [0.1, 0.15) is 6.56 Å². The molecule has 5 nitrogen and oxygen atoms in total. The molecule has 1 aliphatic carbocycles. The molecule has 1 saturated heterocycles. The Morgan fingerprint density at radius 1 is 1.43 bits per heavy atom. The Labute approximate surface area is 85.9 Å². The third-order valence-electron chi connectivity index (χ3n) is 2.56. The first kappa shape index (κ1) is 7.20. The number of hydrogen-bond acceptors (Lipinski definition) is 4. The fourth-order valence-corrected chi connectivity index (χ4v) is 1.80. The first-order valence-corrected chi connectivity index (χ1v) is 4.98. The molecule has 14 heavy (non-hydrogen) atoms. The molecule has 0 atom stereocenters. The van der Waals surface area contributed by atoms with Gasteiger partial charge in [-0.3, -0.25) is 0 Å². The van der Waals surface area contributed by atoms with Gasteiger partial charge in [-0.15, -0.1) is 4.91 Å². The maximum atomic E-state index is 10.5. The summed E-state index contributed by atoms with van der Waals surface area (Å²) < 4.78 is 19.8. The molecular weight excluding hydrogens is 182 g/mol. The molecule has 0 aromatic rings. The molecule has 0 spiro atoms. The number of hydrogen-bond donors (Lipinski definition) is 0. The van der Waals surface area contributed by atoms with Crippen molar-refractivity contribution in [2.24, 2.45) is 10.3 Å². The SMILES string of the molecule is [2H]C1([2H])CN(N=O)C(=NC2CCCCC2)O1. The Balaban J connectivity index is 2.06. The number of rotatable bonds is 2. The summed E-state index contributed by atoms with van der Waals surface area (Å²) in [6, 6.07) is 0.175. The summed E-state index contributed by atoms with van der Waals surface area (Å²) in [6.45, 7) is -2.04.